The Kier molecular flexibility index (Phi) is 10.6. The van der Waals surface area contributed by atoms with E-state index in [1.807, 2.05) is 36.6 Å². The molecule has 1 aliphatic rings. The quantitative estimate of drug-likeness (QED) is 0.361. The first-order chi connectivity index (χ1) is 13.7. The number of hydrogen-bond donors (Lipinski definition) is 2. The number of nitrogens with zero attached hydrogens (tertiary/aromatic N) is 1. The Labute approximate surface area is 174 Å². The Hall–Kier alpha value is -1.93. The number of anilines is 1. The van der Waals surface area contributed by atoms with E-state index >= 15 is 0 Å². The van der Waals surface area contributed by atoms with Gasteiger partial charge in [-0.15, -0.1) is 11.8 Å². The maximum atomic E-state index is 12.6. The Balaban J connectivity index is 1.92. The van der Waals surface area contributed by atoms with Gasteiger partial charge in [0.25, 0.3) is 5.91 Å². The number of hydrogen-bond acceptors (Lipinski definition) is 4. The average molecular weight is 400 g/mol. The molecule has 0 aliphatic heterocycles. The molecule has 0 radical (unpaired) electrons. The van der Waals surface area contributed by atoms with Crippen molar-refractivity contribution >= 4 is 23.4 Å². The zero-order valence-corrected chi connectivity index (χ0v) is 17.8. The first kappa shape index (κ1) is 22.4. The van der Waals surface area contributed by atoms with E-state index in [0.29, 0.717) is 0 Å². The molecule has 2 N–H and O–H groups in total. The van der Waals surface area contributed by atoms with Gasteiger partial charge < -0.3 is 10.6 Å². The van der Waals surface area contributed by atoms with Gasteiger partial charge in [-0.2, -0.15) is 5.26 Å². The molecule has 0 saturated heterocycles. The second-order valence-electron chi connectivity index (χ2n) is 7.48. The highest BCUT2D eigenvalue weighted by atomic mass is 32.2. The minimum absolute atomic E-state index is 0.126. The summed E-state index contributed by atoms with van der Waals surface area (Å²) in [5.41, 5.74) is 0.999. The Morgan fingerprint density at radius 1 is 1.07 bits per heavy atom. The van der Waals surface area contributed by atoms with E-state index in [9.17, 15) is 10.1 Å². The summed E-state index contributed by atoms with van der Waals surface area (Å²) in [6.45, 7) is 0. The third-order valence-electron chi connectivity index (χ3n) is 5.26. The van der Waals surface area contributed by atoms with E-state index < -0.39 is 0 Å². The molecule has 1 aromatic rings. The lowest BCUT2D eigenvalue weighted by atomic mass is 9.98. The van der Waals surface area contributed by atoms with E-state index in [1.54, 1.807) is 11.8 Å². The summed E-state index contributed by atoms with van der Waals surface area (Å²) in [5, 5.41) is 15.6. The predicted octanol–water partition coefficient (Wildman–Crippen LogP) is 6.02. The lowest BCUT2D eigenvalue weighted by Gasteiger charge is -2.19. The molecule has 28 heavy (non-hydrogen) atoms. The van der Waals surface area contributed by atoms with Gasteiger partial charge in [0, 0.05) is 22.8 Å². The molecule has 1 saturated carbocycles. The molecular formula is C23H33N3OS. The van der Waals surface area contributed by atoms with Gasteiger partial charge in [-0.25, -0.2) is 0 Å². The fourth-order valence-electron chi connectivity index (χ4n) is 3.59. The van der Waals surface area contributed by atoms with E-state index in [0.717, 1.165) is 36.3 Å². The van der Waals surface area contributed by atoms with Crippen LogP contribution in [0.25, 0.3) is 0 Å². The van der Waals surface area contributed by atoms with Crippen LogP contribution in [0.1, 0.15) is 70.6 Å². The normalized spacial score (nSPS) is 17.6. The number of amides is 1. The van der Waals surface area contributed by atoms with Gasteiger partial charge in [-0.1, -0.05) is 63.9 Å². The summed E-state index contributed by atoms with van der Waals surface area (Å²) in [5.74, 6) is -0.270. The van der Waals surface area contributed by atoms with Crippen LogP contribution in [0.2, 0.25) is 0 Å². The molecule has 2 rings (SSSR count). The van der Waals surface area contributed by atoms with Crippen molar-refractivity contribution in [3.8, 4) is 6.07 Å². The van der Waals surface area contributed by atoms with Crippen molar-refractivity contribution in [2.75, 3.05) is 11.6 Å². The lowest BCUT2D eigenvalue weighted by Crippen LogP contribution is -2.35. The zero-order chi connectivity index (χ0) is 20.0. The van der Waals surface area contributed by atoms with Crippen molar-refractivity contribution in [3.05, 3.63) is 36.0 Å². The fraction of sp³-hybridized carbons (Fsp3) is 0.565. The van der Waals surface area contributed by atoms with Gasteiger partial charge in [0.05, 0.1) is 0 Å². The topological polar surface area (TPSA) is 64.9 Å². The van der Waals surface area contributed by atoms with Gasteiger partial charge in [0.15, 0.2) is 0 Å². The van der Waals surface area contributed by atoms with Crippen molar-refractivity contribution in [2.24, 2.45) is 0 Å². The number of rotatable bonds is 5. The summed E-state index contributed by atoms with van der Waals surface area (Å²) in [6.07, 6.45) is 16.9. The van der Waals surface area contributed by atoms with Gasteiger partial charge in [-0.05, 0) is 37.3 Å². The Morgan fingerprint density at radius 3 is 2.25 bits per heavy atom. The maximum Gasteiger partial charge on any atom is 0.263 e. The van der Waals surface area contributed by atoms with E-state index in [1.165, 1.54) is 51.1 Å². The Morgan fingerprint density at radius 2 is 1.68 bits per heavy atom. The molecule has 0 unspecified atom stereocenters. The smallest absolute Gasteiger partial charge is 0.263 e. The second kappa shape index (κ2) is 13.3. The molecule has 0 heterocycles. The van der Waals surface area contributed by atoms with Crippen molar-refractivity contribution in [1.29, 1.82) is 5.26 Å². The number of benzene rings is 1. The lowest BCUT2D eigenvalue weighted by molar-refractivity contribution is -0.117. The van der Waals surface area contributed by atoms with Crippen molar-refractivity contribution in [3.63, 3.8) is 0 Å². The van der Waals surface area contributed by atoms with Crippen LogP contribution >= 0.6 is 11.8 Å². The van der Waals surface area contributed by atoms with Crippen LogP contribution in [-0.2, 0) is 4.79 Å². The molecule has 5 heteroatoms. The van der Waals surface area contributed by atoms with Crippen LogP contribution in [0.3, 0.4) is 0 Å². The standard InChI is InChI=1S/C23H33N3OS/c1-28-22-15-11-14-21(16-22)25-18-19(17-24)23(27)26-20-12-9-7-5-3-2-4-6-8-10-13-20/h11,14-16,18,20,25H,2-10,12-13H2,1H3,(H,26,27)/b19-18-. The first-order valence-corrected chi connectivity index (χ1v) is 11.8. The monoisotopic (exact) mass is 399 g/mol. The van der Waals surface area contributed by atoms with Gasteiger partial charge >= 0.3 is 0 Å². The van der Waals surface area contributed by atoms with E-state index in [2.05, 4.69) is 10.6 Å². The minimum Gasteiger partial charge on any atom is -0.360 e. The summed E-state index contributed by atoms with van der Waals surface area (Å²) >= 11 is 1.66. The highest BCUT2D eigenvalue weighted by molar-refractivity contribution is 7.98. The number of carbonyl (C=O) groups excluding carboxylic acids is 1. The molecule has 4 nitrogen and oxygen atoms in total. The maximum absolute atomic E-state index is 12.6. The summed E-state index contributed by atoms with van der Waals surface area (Å²) in [4.78, 5) is 13.7. The molecule has 0 aromatic heterocycles. The van der Waals surface area contributed by atoms with Gasteiger partial charge in [0.2, 0.25) is 0 Å². The highest BCUT2D eigenvalue weighted by Crippen LogP contribution is 2.20. The first-order valence-electron chi connectivity index (χ1n) is 10.5. The number of nitriles is 1. The second-order valence-corrected chi connectivity index (χ2v) is 8.36. The van der Waals surface area contributed by atoms with E-state index in [-0.39, 0.29) is 17.5 Å². The van der Waals surface area contributed by atoms with Crippen LogP contribution in [0.4, 0.5) is 5.69 Å². The Bertz CT molecular complexity index is 669. The molecule has 1 aliphatic carbocycles. The molecule has 0 spiro atoms. The molecule has 152 valence electrons. The largest absolute Gasteiger partial charge is 0.360 e. The average Bonchev–Trinajstić information content (AvgIpc) is 2.70. The van der Waals surface area contributed by atoms with Crippen LogP contribution in [0.15, 0.2) is 40.9 Å². The van der Waals surface area contributed by atoms with Crippen LogP contribution in [0.5, 0.6) is 0 Å². The van der Waals surface area contributed by atoms with Crippen LogP contribution in [0, 0.1) is 11.3 Å². The zero-order valence-electron chi connectivity index (χ0n) is 17.0. The number of nitrogens with one attached hydrogen (secondary N) is 2. The summed E-state index contributed by atoms with van der Waals surface area (Å²) in [7, 11) is 0. The third-order valence-corrected chi connectivity index (χ3v) is 5.98. The fourth-order valence-corrected chi connectivity index (χ4v) is 4.05. The van der Waals surface area contributed by atoms with Crippen molar-refractivity contribution in [1.82, 2.24) is 5.32 Å². The SMILES string of the molecule is CSc1cccc(N/C=C(/C#N)C(=O)NC2CCCCCCCCCCC2)c1. The summed E-state index contributed by atoms with van der Waals surface area (Å²) < 4.78 is 0. The van der Waals surface area contributed by atoms with Gasteiger partial charge in [-0.3, -0.25) is 4.79 Å². The molecular weight excluding hydrogens is 366 g/mol. The van der Waals surface area contributed by atoms with E-state index in [4.69, 9.17) is 0 Å². The van der Waals surface area contributed by atoms with Crippen LogP contribution in [-0.4, -0.2) is 18.2 Å². The van der Waals surface area contributed by atoms with Crippen LogP contribution < -0.4 is 10.6 Å². The molecule has 1 aromatic carbocycles. The minimum atomic E-state index is -0.270. The summed E-state index contributed by atoms with van der Waals surface area (Å²) in [6, 6.07) is 10.1. The predicted molar refractivity (Wildman–Crippen MR) is 118 cm³/mol. The third kappa shape index (κ3) is 8.39. The van der Waals surface area contributed by atoms with Crippen molar-refractivity contribution < 1.29 is 4.79 Å². The number of carbonyl (C=O) groups is 1. The molecule has 0 bridgehead atoms. The molecule has 1 amide bonds. The highest BCUT2D eigenvalue weighted by Gasteiger charge is 2.16. The van der Waals surface area contributed by atoms with Gasteiger partial charge in [0.1, 0.15) is 11.6 Å². The molecule has 0 atom stereocenters. The molecule has 1 fully saturated rings. The van der Waals surface area contributed by atoms with Crippen molar-refractivity contribution in [2.45, 2.75) is 81.6 Å². The number of thioether (sulfide) groups is 1.